The number of nitrogens with zero attached hydrogens (tertiary/aromatic N) is 2. The molecule has 30 heavy (non-hydrogen) atoms. The molecule has 0 radical (unpaired) electrons. The van der Waals surface area contributed by atoms with E-state index in [-0.39, 0.29) is 10.8 Å². The summed E-state index contributed by atoms with van der Waals surface area (Å²) in [7, 11) is -3.56. The molecule has 1 aliphatic heterocycles. The van der Waals surface area contributed by atoms with Gasteiger partial charge in [0, 0.05) is 18.7 Å². The first-order valence-corrected chi connectivity index (χ1v) is 12.3. The second kappa shape index (κ2) is 8.09. The van der Waals surface area contributed by atoms with Crippen molar-refractivity contribution < 1.29 is 13.2 Å². The largest absolute Gasteiger partial charge is 0.298 e. The number of benzene rings is 2. The molecule has 158 valence electrons. The fraction of sp³-hybridized carbons (Fsp3) is 0.364. The molecule has 0 unspecified atom stereocenters. The van der Waals surface area contributed by atoms with Crippen LogP contribution in [0.3, 0.4) is 0 Å². The maximum absolute atomic E-state index is 13.0. The Bertz CT molecular complexity index is 1180. The fourth-order valence-corrected chi connectivity index (χ4v) is 6.62. The number of amides is 1. The number of anilines is 1. The molecular weight excluding hydrogens is 418 g/mol. The van der Waals surface area contributed by atoms with Crippen LogP contribution in [0.4, 0.5) is 5.13 Å². The number of aryl methyl sites for hydroxylation is 1. The Balaban J connectivity index is 1.50. The van der Waals surface area contributed by atoms with Crippen LogP contribution in [0, 0.1) is 18.8 Å². The zero-order valence-electron chi connectivity index (χ0n) is 17.3. The van der Waals surface area contributed by atoms with Gasteiger partial charge in [0.1, 0.15) is 0 Å². The molecule has 0 bridgehead atoms. The minimum absolute atomic E-state index is 0.218. The Morgan fingerprint density at radius 2 is 1.77 bits per heavy atom. The minimum atomic E-state index is -3.56. The van der Waals surface area contributed by atoms with E-state index in [0.717, 1.165) is 22.2 Å². The van der Waals surface area contributed by atoms with E-state index < -0.39 is 10.0 Å². The van der Waals surface area contributed by atoms with Crippen LogP contribution >= 0.6 is 11.3 Å². The molecule has 2 atom stereocenters. The van der Waals surface area contributed by atoms with Crippen molar-refractivity contribution in [3.05, 3.63) is 53.6 Å². The number of hydrogen-bond acceptors (Lipinski definition) is 5. The average Bonchev–Trinajstić information content (AvgIpc) is 3.08. The number of sulfonamides is 1. The Hall–Kier alpha value is -2.29. The molecular formula is C22H25N3O3S2. The van der Waals surface area contributed by atoms with Crippen LogP contribution < -0.4 is 5.32 Å². The van der Waals surface area contributed by atoms with E-state index in [2.05, 4.69) is 24.1 Å². The van der Waals surface area contributed by atoms with E-state index in [0.29, 0.717) is 35.6 Å². The summed E-state index contributed by atoms with van der Waals surface area (Å²) in [6.07, 6.45) is 1.04. The van der Waals surface area contributed by atoms with Gasteiger partial charge in [0.15, 0.2) is 5.13 Å². The van der Waals surface area contributed by atoms with Crippen molar-refractivity contribution in [2.24, 2.45) is 11.8 Å². The van der Waals surface area contributed by atoms with E-state index in [1.165, 1.54) is 23.5 Å². The van der Waals surface area contributed by atoms with Crippen LogP contribution in [-0.2, 0) is 10.0 Å². The number of rotatable bonds is 4. The molecule has 8 heteroatoms. The second-order valence-corrected chi connectivity index (χ2v) is 11.2. The molecule has 1 aromatic heterocycles. The van der Waals surface area contributed by atoms with Gasteiger partial charge in [-0.3, -0.25) is 10.1 Å². The number of carbonyl (C=O) groups excluding carboxylic acids is 1. The zero-order valence-corrected chi connectivity index (χ0v) is 18.9. The van der Waals surface area contributed by atoms with Gasteiger partial charge < -0.3 is 0 Å². The van der Waals surface area contributed by atoms with Gasteiger partial charge in [-0.05, 0) is 67.1 Å². The van der Waals surface area contributed by atoms with Crippen LogP contribution in [0.2, 0.25) is 0 Å². The van der Waals surface area contributed by atoms with Crippen molar-refractivity contribution in [2.45, 2.75) is 32.1 Å². The smallest absolute Gasteiger partial charge is 0.257 e. The molecule has 6 nitrogen and oxygen atoms in total. The summed E-state index contributed by atoms with van der Waals surface area (Å²) >= 11 is 1.42. The van der Waals surface area contributed by atoms with Crippen LogP contribution in [0.1, 0.15) is 36.2 Å². The molecule has 0 aliphatic carbocycles. The number of hydrogen-bond donors (Lipinski definition) is 1. The summed E-state index contributed by atoms with van der Waals surface area (Å²) in [5.74, 6) is 0.368. The Morgan fingerprint density at radius 1 is 1.10 bits per heavy atom. The molecule has 3 aromatic rings. The van der Waals surface area contributed by atoms with Gasteiger partial charge in [-0.2, -0.15) is 4.31 Å². The van der Waals surface area contributed by atoms with Crippen LogP contribution in [0.25, 0.3) is 10.2 Å². The quantitative estimate of drug-likeness (QED) is 0.643. The first kappa shape index (κ1) is 21.0. The second-order valence-electron chi connectivity index (χ2n) is 8.24. The third-order valence-corrected chi connectivity index (χ3v) is 8.13. The number of carbonyl (C=O) groups is 1. The number of fused-ring (bicyclic) bond motifs is 1. The van der Waals surface area contributed by atoms with Gasteiger partial charge in [-0.15, -0.1) is 0 Å². The highest BCUT2D eigenvalue weighted by Gasteiger charge is 2.31. The highest BCUT2D eigenvalue weighted by atomic mass is 32.2. The zero-order chi connectivity index (χ0) is 21.5. The van der Waals surface area contributed by atoms with Crippen LogP contribution in [-0.4, -0.2) is 36.7 Å². The first-order valence-electron chi connectivity index (χ1n) is 10.0. The molecule has 1 saturated heterocycles. The summed E-state index contributed by atoms with van der Waals surface area (Å²) in [6, 6.07) is 12.1. The summed E-state index contributed by atoms with van der Waals surface area (Å²) in [6.45, 7) is 7.24. The van der Waals surface area contributed by atoms with E-state index in [1.807, 2.05) is 25.1 Å². The molecule has 2 heterocycles. The Labute approximate surface area is 181 Å². The molecule has 0 saturated carbocycles. The lowest BCUT2D eigenvalue weighted by molar-refractivity contribution is 0.102. The van der Waals surface area contributed by atoms with E-state index in [9.17, 15) is 13.2 Å². The van der Waals surface area contributed by atoms with Gasteiger partial charge in [0.05, 0.1) is 15.1 Å². The summed E-state index contributed by atoms with van der Waals surface area (Å²) in [5, 5.41) is 3.33. The number of thiazole rings is 1. The topological polar surface area (TPSA) is 79.4 Å². The van der Waals surface area contributed by atoms with Gasteiger partial charge in [0.2, 0.25) is 10.0 Å². The molecule has 1 amide bonds. The molecule has 1 N–H and O–H groups in total. The van der Waals surface area contributed by atoms with Crippen molar-refractivity contribution in [1.29, 1.82) is 0 Å². The predicted molar refractivity (Wildman–Crippen MR) is 120 cm³/mol. The summed E-state index contributed by atoms with van der Waals surface area (Å²) < 4.78 is 28.6. The number of nitrogens with one attached hydrogen (secondary N) is 1. The van der Waals surface area contributed by atoms with Crippen LogP contribution in [0.15, 0.2) is 47.4 Å². The molecule has 4 rings (SSSR count). The Morgan fingerprint density at radius 3 is 2.43 bits per heavy atom. The molecule has 1 aliphatic rings. The maximum Gasteiger partial charge on any atom is 0.257 e. The van der Waals surface area contributed by atoms with Crippen molar-refractivity contribution >= 4 is 42.6 Å². The minimum Gasteiger partial charge on any atom is -0.298 e. The van der Waals surface area contributed by atoms with Gasteiger partial charge in [-0.25, -0.2) is 13.4 Å². The Kier molecular flexibility index (Phi) is 5.65. The predicted octanol–water partition coefficient (Wildman–Crippen LogP) is 4.52. The molecule has 2 aromatic carbocycles. The summed E-state index contributed by atoms with van der Waals surface area (Å²) in [5.41, 5.74) is 2.37. The van der Waals surface area contributed by atoms with Crippen molar-refractivity contribution in [1.82, 2.24) is 9.29 Å². The third-order valence-electron chi connectivity index (χ3n) is 5.35. The lowest BCUT2D eigenvalue weighted by atomic mass is 9.94. The van der Waals surface area contributed by atoms with E-state index in [4.69, 9.17) is 0 Å². The molecule has 0 spiro atoms. The summed E-state index contributed by atoms with van der Waals surface area (Å²) in [4.78, 5) is 17.3. The monoisotopic (exact) mass is 443 g/mol. The van der Waals surface area contributed by atoms with Crippen molar-refractivity contribution in [3.63, 3.8) is 0 Å². The average molecular weight is 444 g/mol. The fourth-order valence-electron chi connectivity index (χ4n) is 3.98. The van der Waals surface area contributed by atoms with E-state index in [1.54, 1.807) is 16.4 Å². The lowest BCUT2D eigenvalue weighted by Gasteiger charge is -2.34. The van der Waals surface area contributed by atoms with Crippen LogP contribution in [0.5, 0.6) is 0 Å². The van der Waals surface area contributed by atoms with Gasteiger partial charge in [0.25, 0.3) is 5.91 Å². The lowest BCUT2D eigenvalue weighted by Crippen LogP contribution is -2.42. The molecule has 1 fully saturated rings. The van der Waals surface area contributed by atoms with E-state index >= 15 is 0 Å². The normalized spacial score (nSPS) is 20.4. The maximum atomic E-state index is 13.0. The number of aromatic nitrogens is 1. The highest BCUT2D eigenvalue weighted by Crippen LogP contribution is 2.28. The van der Waals surface area contributed by atoms with Crippen molar-refractivity contribution in [2.75, 3.05) is 18.4 Å². The number of piperidine rings is 1. The SMILES string of the molecule is Cc1ccc2nc(NC(=O)c3ccc(S(=O)(=O)N4C[C@H](C)C[C@@H](C)C4)cc3)sc2c1. The first-order chi connectivity index (χ1) is 14.2. The third kappa shape index (κ3) is 4.26. The van der Waals surface area contributed by atoms with Crippen molar-refractivity contribution in [3.8, 4) is 0 Å². The van der Waals surface area contributed by atoms with Gasteiger partial charge >= 0.3 is 0 Å². The standard InChI is InChI=1S/C22H25N3O3S2/c1-14-4-9-19-20(11-14)29-22(23-19)24-21(26)17-5-7-18(8-6-17)30(27,28)25-12-15(2)10-16(3)13-25/h4-9,11,15-16H,10,12-13H2,1-3H3,(H,23,24,26)/t15-,16-/m1/s1. The highest BCUT2D eigenvalue weighted by molar-refractivity contribution is 7.89. The van der Waals surface area contributed by atoms with Gasteiger partial charge in [-0.1, -0.05) is 31.3 Å².